The van der Waals surface area contributed by atoms with Gasteiger partial charge in [0.2, 0.25) is 0 Å². The Morgan fingerprint density at radius 3 is 3.00 bits per heavy atom. The Morgan fingerprint density at radius 2 is 2.39 bits per heavy atom. The summed E-state index contributed by atoms with van der Waals surface area (Å²) in [6, 6.07) is 5.30. The summed E-state index contributed by atoms with van der Waals surface area (Å²) in [4.78, 5) is 11.2. The Bertz CT molecular complexity index is 469. The molecule has 0 aliphatic carbocycles. The number of carbonyl (C=O) groups is 1. The van der Waals surface area contributed by atoms with Crippen LogP contribution in [0.25, 0.3) is 0 Å². The molecular formula is C12H14FN3O2. The molecule has 0 unspecified atom stereocenters. The molecule has 0 fully saturated rings. The number of rotatable bonds is 5. The standard InChI is InChI=1S/C12H14FN3O2/c1-8(15)10-6-9(13)2-3-11(10)18-7-12(17)16-5-4-14/h2-3,6,8H,5,7,15H2,1H3,(H,16,17)/t8-/m0/s1. The summed E-state index contributed by atoms with van der Waals surface area (Å²) in [6.07, 6.45) is 0. The van der Waals surface area contributed by atoms with Crippen LogP contribution in [0.3, 0.4) is 0 Å². The molecule has 0 aromatic heterocycles. The molecule has 1 rings (SSSR count). The molecule has 1 amide bonds. The van der Waals surface area contributed by atoms with Gasteiger partial charge in [0.15, 0.2) is 6.61 Å². The molecule has 1 aromatic rings. The number of amides is 1. The highest BCUT2D eigenvalue weighted by Gasteiger charge is 2.11. The molecule has 0 saturated carbocycles. The van der Waals surface area contributed by atoms with Gasteiger partial charge in [-0.25, -0.2) is 4.39 Å². The second kappa shape index (κ2) is 6.57. The number of halogens is 1. The zero-order chi connectivity index (χ0) is 13.5. The lowest BCUT2D eigenvalue weighted by atomic mass is 10.1. The first-order valence-corrected chi connectivity index (χ1v) is 5.36. The van der Waals surface area contributed by atoms with E-state index < -0.39 is 17.8 Å². The summed E-state index contributed by atoms with van der Waals surface area (Å²) in [5.74, 6) is -0.474. The fourth-order valence-corrected chi connectivity index (χ4v) is 1.34. The van der Waals surface area contributed by atoms with Crippen LogP contribution in [-0.4, -0.2) is 19.1 Å². The van der Waals surface area contributed by atoms with E-state index in [9.17, 15) is 9.18 Å². The zero-order valence-electron chi connectivity index (χ0n) is 9.94. The molecule has 0 radical (unpaired) electrons. The number of nitrogens with one attached hydrogen (secondary N) is 1. The van der Waals surface area contributed by atoms with E-state index in [-0.39, 0.29) is 13.2 Å². The van der Waals surface area contributed by atoms with E-state index in [4.69, 9.17) is 15.7 Å². The topological polar surface area (TPSA) is 88.1 Å². The molecule has 0 saturated heterocycles. The van der Waals surface area contributed by atoms with Gasteiger partial charge in [-0.1, -0.05) is 0 Å². The maximum Gasteiger partial charge on any atom is 0.258 e. The molecule has 0 aliphatic rings. The van der Waals surface area contributed by atoms with Gasteiger partial charge in [-0.3, -0.25) is 4.79 Å². The van der Waals surface area contributed by atoms with E-state index in [1.807, 2.05) is 0 Å². The van der Waals surface area contributed by atoms with Gasteiger partial charge in [0, 0.05) is 11.6 Å². The predicted octanol–water partition coefficient (Wildman–Crippen LogP) is 0.864. The van der Waals surface area contributed by atoms with Gasteiger partial charge < -0.3 is 15.8 Å². The summed E-state index contributed by atoms with van der Waals surface area (Å²) in [5, 5.41) is 10.6. The van der Waals surface area contributed by atoms with Crippen LogP contribution in [0.15, 0.2) is 18.2 Å². The van der Waals surface area contributed by atoms with Gasteiger partial charge in [-0.2, -0.15) is 5.26 Å². The highest BCUT2D eigenvalue weighted by atomic mass is 19.1. The van der Waals surface area contributed by atoms with Gasteiger partial charge in [0.25, 0.3) is 5.91 Å². The average molecular weight is 251 g/mol. The van der Waals surface area contributed by atoms with E-state index in [0.29, 0.717) is 11.3 Å². The quantitative estimate of drug-likeness (QED) is 0.760. The van der Waals surface area contributed by atoms with E-state index in [2.05, 4.69) is 5.32 Å². The van der Waals surface area contributed by atoms with Crippen LogP contribution in [0.4, 0.5) is 4.39 Å². The van der Waals surface area contributed by atoms with Crippen molar-refractivity contribution in [2.45, 2.75) is 13.0 Å². The lowest BCUT2D eigenvalue weighted by Gasteiger charge is -2.13. The van der Waals surface area contributed by atoms with E-state index in [0.717, 1.165) is 0 Å². The molecule has 0 bridgehead atoms. The van der Waals surface area contributed by atoms with Gasteiger partial charge in [-0.15, -0.1) is 0 Å². The monoisotopic (exact) mass is 251 g/mol. The molecular weight excluding hydrogens is 237 g/mol. The minimum atomic E-state index is -0.420. The van der Waals surface area contributed by atoms with Crippen LogP contribution in [0.5, 0.6) is 5.75 Å². The molecule has 0 spiro atoms. The van der Waals surface area contributed by atoms with Crippen molar-refractivity contribution in [2.75, 3.05) is 13.2 Å². The highest BCUT2D eigenvalue weighted by Crippen LogP contribution is 2.24. The van der Waals surface area contributed by atoms with Crippen LogP contribution in [0.2, 0.25) is 0 Å². The van der Waals surface area contributed by atoms with Gasteiger partial charge in [0.1, 0.15) is 18.1 Å². The lowest BCUT2D eigenvalue weighted by molar-refractivity contribution is -0.122. The van der Waals surface area contributed by atoms with Gasteiger partial charge in [0.05, 0.1) is 6.07 Å². The number of hydrogen-bond donors (Lipinski definition) is 2. The predicted molar refractivity (Wildman–Crippen MR) is 63.1 cm³/mol. The minimum Gasteiger partial charge on any atom is -0.483 e. The summed E-state index contributed by atoms with van der Waals surface area (Å²) >= 11 is 0. The largest absolute Gasteiger partial charge is 0.483 e. The van der Waals surface area contributed by atoms with Crippen molar-refractivity contribution in [3.05, 3.63) is 29.6 Å². The normalized spacial score (nSPS) is 11.4. The first kappa shape index (κ1) is 13.9. The van der Waals surface area contributed by atoms with E-state index in [1.54, 1.807) is 13.0 Å². The third-order valence-electron chi connectivity index (χ3n) is 2.19. The number of nitriles is 1. The van der Waals surface area contributed by atoms with E-state index in [1.165, 1.54) is 18.2 Å². The third kappa shape index (κ3) is 4.03. The van der Waals surface area contributed by atoms with Crippen molar-refractivity contribution >= 4 is 5.91 Å². The SMILES string of the molecule is C[C@H](N)c1cc(F)ccc1OCC(=O)NCC#N. The summed E-state index contributed by atoms with van der Waals surface area (Å²) in [7, 11) is 0. The van der Waals surface area contributed by atoms with Crippen LogP contribution in [0, 0.1) is 17.1 Å². The first-order valence-electron chi connectivity index (χ1n) is 5.36. The molecule has 6 heteroatoms. The maximum atomic E-state index is 13.0. The van der Waals surface area contributed by atoms with Crippen molar-refractivity contribution in [2.24, 2.45) is 5.73 Å². The van der Waals surface area contributed by atoms with Gasteiger partial charge >= 0.3 is 0 Å². The van der Waals surface area contributed by atoms with Crippen LogP contribution in [-0.2, 0) is 4.79 Å². The van der Waals surface area contributed by atoms with Crippen molar-refractivity contribution in [3.63, 3.8) is 0 Å². The Kier molecular flexibility index (Phi) is 5.08. The molecule has 96 valence electrons. The number of ether oxygens (including phenoxy) is 1. The fraction of sp³-hybridized carbons (Fsp3) is 0.333. The zero-order valence-corrected chi connectivity index (χ0v) is 9.94. The molecule has 1 aromatic carbocycles. The molecule has 1 atom stereocenters. The van der Waals surface area contributed by atoms with Gasteiger partial charge in [-0.05, 0) is 25.1 Å². The first-order chi connectivity index (χ1) is 8.54. The number of nitrogens with two attached hydrogens (primary N) is 1. The summed E-state index contributed by atoms with van der Waals surface area (Å²) < 4.78 is 18.3. The maximum absolute atomic E-state index is 13.0. The number of hydrogen-bond acceptors (Lipinski definition) is 4. The molecule has 0 aliphatic heterocycles. The number of carbonyl (C=O) groups excluding carboxylic acids is 1. The summed E-state index contributed by atoms with van der Waals surface area (Å²) in [6.45, 7) is 1.37. The second-order valence-corrected chi connectivity index (χ2v) is 3.69. The Hall–Kier alpha value is -2.13. The lowest BCUT2D eigenvalue weighted by Crippen LogP contribution is -2.29. The van der Waals surface area contributed by atoms with Crippen molar-refractivity contribution < 1.29 is 13.9 Å². The van der Waals surface area contributed by atoms with Crippen molar-refractivity contribution in [1.29, 1.82) is 5.26 Å². The second-order valence-electron chi connectivity index (χ2n) is 3.69. The third-order valence-corrected chi connectivity index (χ3v) is 2.19. The Balaban J connectivity index is 2.67. The Morgan fingerprint density at radius 1 is 1.67 bits per heavy atom. The fourth-order valence-electron chi connectivity index (χ4n) is 1.34. The average Bonchev–Trinajstić information content (AvgIpc) is 2.34. The Labute approximate surface area is 104 Å². The van der Waals surface area contributed by atoms with Crippen LogP contribution < -0.4 is 15.8 Å². The van der Waals surface area contributed by atoms with E-state index >= 15 is 0 Å². The molecule has 0 heterocycles. The van der Waals surface area contributed by atoms with Crippen molar-refractivity contribution in [1.82, 2.24) is 5.32 Å². The van der Waals surface area contributed by atoms with Crippen LogP contribution in [0.1, 0.15) is 18.5 Å². The number of nitrogens with zero attached hydrogens (tertiary/aromatic N) is 1. The molecule has 5 nitrogen and oxygen atoms in total. The van der Waals surface area contributed by atoms with Crippen LogP contribution >= 0.6 is 0 Å². The highest BCUT2D eigenvalue weighted by molar-refractivity contribution is 5.77. The van der Waals surface area contributed by atoms with Crippen molar-refractivity contribution in [3.8, 4) is 11.8 Å². The summed E-state index contributed by atoms with van der Waals surface area (Å²) in [5.41, 5.74) is 6.17. The number of benzene rings is 1. The molecule has 3 N–H and O–H groups in total. The smallest absolute Gasteiger partial charge is 0.258 e. The minimum absolute atomic E-state index is 0.0776. The molecule has 18 heavy (non-hydrogen) atoms.